The van der Waals surface area contributed by atoms with Gasteiger partial charge in [-0.25, -0.2) is 0 Å². The number of likely N-dealkylation sites (N-methyl/N-ethyl adjacent to an activating group) is 1. The molecule has 0 fully saturated rings. The Morgan fingerprint density at radius 3 is 2.80 bits per heavy atom. The fraction of sp³-hybridized carbons (Fsp3) is 0.143. The number of nitrogens with two attached hydrogens (primary N) is 1. The lowest BCUT2D eigenvalue weighted by molar-refractivity contribution is 0.572. The van der Waals surface area contributed by atoms with Gasteiger partial charge in [-0.05, 0) is 12.3 Å². The zero-order valence-corrected chi connectivity index (χ0v) is 5.96. The molecule has 0 aromatic heterocycles. The molecule has 50 valence electrons. The van der Waals surface area contributed by atoms with Gasteiger partial charge >= 0.3 is 0 Å². The Bertz CT molecular complexity index is 228. The van der Waals surface area contributed by atoms with Crippen LogP contribution in [0.25, 0.3) is 0 Å². The molecule has 1 heterocycles. The van der Waals surface area contributed by atoms with E-state index in [2.05, 4.69) is 6.58 Å². The zero-order chi connectivity index (χ0) is 7.72. The van der Waals surface area contributed by atoms with E-state index in [4.69, 9.17) is 13.6 Å². The Kier molecular flexibility index (Phi) is 1.58. The van der Waals surface area contributed by atoms with E-state index in [1.54, 1.807) is 17.2 Å². The van der Waals surface area contributed by atoms with Gasteiger partial charge in [0.2, 0.25) is 0 Å². The van der Waals surface area contributed by atoms with Crippen molar-refractivity contribution in [1.82, 2.24) is 4.90 Å². The average molecular weight is 132 g/mol. The maximum atomic E-state index is 5.56. The third kappa shape index (κ3) is 1.08. The van der Waals surface area contributed by atoms with E-state index in [1.165, 1.54) is 0 Å². The van der Waals surface area contributed by atoms with Crippen LogP contribution in [0.5, 0.6) is 0 Å². The first-order chi connectivity index (χ1) is 4.61. The monoisotopic (exact) mass is 132 g/mol. The van der Waals surface area contributed by atoms with Crippen LogP contribution < -0.4 is 5.73 Å². The second-order valence-electron chi connectivity index (χ2n) is 2.29. The predicted molar refractivity (Wildman–Crippen MR) is 43.0 cm³/mol. The van der Waals surface area contributed by atoms with Gasteiger partial charge in [-0.3, -0.25) is 0 Å². The number of hydrogen-bond acceptors (Lipinski definition) is 2. The summed E-state index contributed by atoms with van der Waals surface area (Å²) < 4.78 is 0. The van der Waals surface area contributed by atoms with Gasteiger partial charge in [0.15, 0.2) is 0 Å². The SMILES string of the molecule is [B]C1=CN(C)C(=C)C(N)=C1. The van der Waals surface area contributed by atoms with Gasteiger partial charge < -0.3 is 10.6 Å². The molecule has 2 nitrogen and oxygen atoms in total. The number of allylic oxidation sites excluding steroid dienone is 2. The summed E-state index contributed by atoms with van der Waals surface area (Å²) in [6, 6.07) is 0. The highest BCUT2D eigenvalue weighted by molar-refractivity contribution is 6.23. The second-order valence-corrected chi connectivity index (χ2v) is 2.29. The molecule has 0 bridgehead atoms. The lowest BCUT2D eigenvalue weighted by atomic mass is 9.93. The van der Waals surface area contributed by atoms with Crippen LogP contribution in [-0.4, -0.2) is 19.8 Å². The van der Waals surface area contributed by atoms with E-state index in [1.807, 2.05) is 7.05 Å². The van der Waals surface area contributed by atoms with Crippen LogP contribution in [0.3, 0.4) is 0 Å². The number of nitrogens with zero attached hydrogens (tertiary/aromatic N) is 1. The van der Waals surface area contributed by atoms with E-state index in [0.29, 0.717) is 11.2 Å². The van der Waals surface area contributed by atoms with Crippen molar-refractivity contribution in [2.24, 2.45) is 5.73 Å². The smallest absolute Gasteiger partial charge is 0.115 e. The summed E-state index contributed by atoms with van der Waals surface area (Å²) in [5.41, 5.74) is 7.63. The molecule has 10 heavy (non-hydrogen) atoms. The molecule has 1 aliphatic heterocycles. The van der Waals surface area contributed by atoms with Crippen molar-refractivity contribution in [3.05, 3.63) is 35.7 Å². The van der Waals surface area contributed by atoms with Gasteiger partial charge in [0.1, 0.15) is 7.85 Å². The normalized spacial score (nSPS) is 18.5. The fourth-order valence-electron chi connectivity index (χ4n) is 0.805. The molecule has 1 rings (SSSR count). The fourth-order valence-corrected chi connectivity index (χ4v) is 0.805. The minimum absolute atomic E-state index is 0.627. The highest BCUT2D eigenvalue weighted by atomic mass is 15.1. The van der Waals surface area contributed by atoms with Gasteiger partial charge in [-0.1, -0.05) is 12.1 Å². The molecule has 0 aromatic rings. The largest absolute Gasteiger partial charge is 0.397 e. The predicted octanol–water partition coefficient (Wildman–Crippen LogP) is 0.298. The van der Waals surface area contributed by atoms with E-state index >= 15 is 0 Å². The standard InChI is InChI=1S/C7H9BN2/c1-5-7(9)3-6(8)4-10(5)2/h3-4H,1,9H2,2H3. The minimum Gasteiger partial charge on any atom is -0.397 e. The highest BCUT2D eigenvalue weighted by Gasteiger charge is 2.06. The molecule has 0 atom stereocenters. The Morgan fingerprint density at radius 1 is 1.70 bits per heavy atom. The molecule has 0 aromatic carbocycles. The van der Waals surface area contributed by atoms with Crippen LogP contribution in [0.4, 0.5) is 0 Å². The van der Waals surface area contributed by atoms with Crippen molar-refractivity contribution >= 4 is 7.85 Å². The van der Waals surface area contributed by atoms with Gasteiger partial charge in [0.05, 0.1) is 11.4 Å². The lowest BCUT2D eigenvalue weighted by Gasteiger charge is -2.22. The molecule has 0 saturated heterocycles. The summed E-state index contributed by atoms with van der Waals surface area (Å²) in [4.78, 5) is 1.80. The van der Waals surface area contributed by atoms with E-state index in [-0.39, 0.29) is 0 Å². The maximum absolute atomic E-state index is 5.56. The second kappa shape index (κ2) is 2.25. The molecule has 0 saturated carbocycles. The van der Waals surface area contributed by atoms with E-state index in [9.17, 15) is 0 Å². The van der Waals surface area contributed by atoms with Crippen LogP contribution in [0, 0.1) is 0 Å². The lowest BCUT2D eigenvalue weighted by Crippen LogP contribution is -2.19. The van der Waals surface area contributed by atoms with Crippen LogP contribution in [-0.2, 0) is 0 Å². The topological polar surface area (TPSA) is 29.3 Å². The van der Waals surface area contributed by atoms with Crippen molar-refractivity contribution in [3.63, 3.8) is 0 Å². The van der Waals surface area contributed by atoms with Crippen molar-refractivity contribution in [2.45, 2.75) is 0 Å². The first kappa shape index (κ1) is 7.00. The summed E-state index contributed by atoms with van der Waals surface area (Å²) >= 11 is 0. The van der Waals surface area contributed by atoms with E-state index < -0.39 is 0 Å². The van der Waals surface area contributed by atoms with Crippen LogP contribution in [0.15, 0.2) is 35.7 Å². The first-order valence-electron chi connectivity index (χ1n) is 2.98. The molecule has 2 radical (unpaired) electrons. The number of rotatable bonds is 0. The molecule has 2 N–H and O–H groups in total. The average Bonchev–Trinajstić information content (AvgIpc) is 1.82. The van der Waals surface area contributed by atoms with Crippen molar-refractivity contribution in [3.8, 4) is 0 Å². The third-order valence-corrected chi connectivity index (χ3v) is 1.42. The summed E-state index contributed by atoms with van der Waals surface area (Å²) in [6.45, 7) is 3.74. The van der Waals surface area contributed by atoms with Gasteiger partial charge in [0, 0.05) is 7.05 Å². The Hall–Kier alpha value is -1.12. The Morgan fingerprint density at radius 2 is 2.30 bits per heavy atom. The highest BCUT2D eigenvalue weighted by Crippen LogP contribution is 2.14. The van der Waals surface area contributed by atoms with Crippen molar-refractivity contribution < 1.29 is 0 Å². The van der Waals surface area contributed by atoms with Crippen LogP contribution in [0.2, 0.25) is 0 Å². The first-order valence-corrected chi connectivity index (χ1v) is 2.98. The molecular weight excluding hydrogens is 123 g/mol. The van der Waals surface area contributed by atoms with Crippen molar-refractivity contribution in [2.75, 3.05) is 7.05 Å². The summed E-state index contributed by atoms with van der Waals surface area (Å²) in [6.07, 6.45) is 3.47. The summed E-state index contributed by atoms with van der Waals surface area (Å²) in [5, 5.41) is 0. The maximum Gasteiger partial charge on any atom is 0.115 e. The quantitative estimate of drug-likeness (QED) is 0.480. The zero-order valence-electron chi connectivity index (χ0n) is 5.96. The minimum atomic E-state index is 0.627. The van der Waals surface area contributed by atoms with E-state index in [0.717, 1.165) is 5.70 Å². The third-order valence-electron chi connectivity index (χ3n) is 1.42. The van der Waals surface area contributed by atoms with Crippen LogP contribution in [0.1, 0.15) is 0 Å². The molecule has 0 aliphatic carbocycles. The number of hydrogen-bond donors (Lipinski definition) is 1. The molecule has 1 aliphatic rings. The molecule has 3 heteroatoms. The molecule has 0 spiro atoms. The Balaban J connectivity index is 2.95. The van der Waals surface area contributed by atoms with Crippen molar-refractivity contribution in [1.29, 1.82) is 0 Å². The molecule has 0 amide bonds. The Labute approximate surface area is 62.1 Å². The van der Waals surface area contributed by atoms with Gasteiger partial charge in [-0.15, -0.1) is 0 Å². The van der Waals surface area contributed by atoms with Gasteiger partial charge in [-0.2, -0.15) is 0 Å². The van der Waals surface area contributed by atoms with Gasteiger partial charge in [0.25, 0.3) is 0 Å². The molecular formula is C7H9BN2. The van der Waals surface area contributed by atoms with Crippen LogP contribution >= 0.6 is 0 Å². The molecule has 0 unspecified atom stereocenters. The summed E-state index contributed by atoms with van der Waals surface area (Å²) in [5.74, 6) is 0. The summed E-state index contributed by atoms with van der Waals surface area (Å²) in [7, 11) is 7.36.